The van der Waals surface area contributed by atoms with E-state index in [0.717, 1.165) is 6.29 Å². The summed E-state index contributed by atoms with van der Waals surface area (Å²) in [6.45, 7) is 8.64. The third-order valence-corrected chi connectivity index (χ3v) is 2.63. The normalized spacial score (nSPS) is 10.8. The molecule has 0 radical (unpaired) electrons. The van der Waals surface area contributed by atoms with E-state index in [0.29, 0.717) is 31.0 Å². The second-order valence-corrected chi connectivity index (χ2v) is 5.44. The van der Waals surface area contributed by atoms with E-state index in [-0.39, 0.29) is 11.3 Å². The van der Waals surface area contributed by atoms with Gasteiger partial charge in [0.15, 0.2) is 0 Å². The van der Waals surface area contributed by atoms with Crippen molar-refractivity contribution in [3.63, 3.8) is 0 Å². The molecule has 0 saturated heterocycles. The van der Waals surface area contributed by atoms with Crippen molar-refractivity contribution in [3.8, 4) is 0 Å². The molecule has 4 nitrogen and oxygen atoms in total. The SMILES string of the molecule is C=C(S)NCCN(C)C(=O)CC(C)(C)CC=O. The van der Waals surface area contributed by atoms with E-state index in [9.17, 15) is 9.59 Å². The molecule has 0 aliphatic rings. The average molecular weight is 258 g/mol. The maximum absolute atomic E-state index is 11.8. The Hall–Kier alpha value is -0.970. The van der Waals surface area contributed by atoms with Crippen molar-refractivity contribution >= 4 is 24.8 Å². The van der Waals surface area contributed by atoms with E-state index in [4.69, 9.17) is 0 Å². The summed E-state index contributed by atoms with van der Waals surface area (Å²) in [5.41, 5.74) is -0.270. The molecule has 1 N–H and O–H groups in total. The lowest BCUT2D eigenvalue weighted by Gasteiger charge is -2.25. The lowest BCUT2D eigenvalue weighted by molar-refractivity contribution is -0.132. The van der Waals surface area contributed by atoms with Gasteiger partial charge in [0.2, 0.25) is 5.91 Å². The van der Waals surface area contributed by atoms with Gasteiger partial charge in [-0.1, -0.05) is 20.4 Å². The molecule has 0 fully saturated rings. The summed E-state index contributed by atoms with van der Waals surface area (Å²) >= 11 is 4.00. The van der Waals surface area contributed by atoms with Crippen molar-refractivity contribution in [2.75, 3.05) is 20.1 Å². The van der Waals surface area contributed by atoms with Crippen LogP contribution in [0.25, 0.3) is 0 Å². The van der Waals surface area contributed by atoms with Gasteiger partial charge in [0.05, 0.1) is 5.03 Å². The Morgan fingerprint density at radius 1 is 1.53 bits per heavy atom. The number of thiol groups is 1. The Balaban J connectivity index is 4.04. The molecule has 0 unspecified atom stereocenters. The third kappa shape index (κ3) is 7.85. The summed E-state index contributed by atoms with van der Waals surface area (Å²) in [5, 5.41) is 3.53. The molecule has 0 aromatic rings. The number of nitrogens with zero attached hydrogens (tertiary/aromatic N) is 1. The van der Waals surface area contributed by atoms with Crippen LogP contribution in [0.15, 0.2) is 11.6 Å². The number of amides is 1. The Bertz CT molecular complexity index is 290. The fourth-order valence-electron chi connectivity index (χ4n) is 1.33. The lowest BCUT2D eigenvalue weighted by atomic mass is 9.86. The molecule has 17 heavy (non-hydrogen) atoms. The highest BCUT2D eigenvalue weighted by molar-refractivity contribution is 7.84. The topological polar surface area (TPSA) is 49.4 Å². The number of nitrogens with one attached hydrogen (secondary N) is 1. The molecule has 0 atom stereocenters. The van der Waals surface area contributed by atoms with Gasteiger partial charge in [0, 0.05) is 33.0 Å². The molecule has 0 aliphatic carbocycles. The van der Waals surface area contributed by atoms with Gasteiger partial charge >= 0.3 is 0 Å². The van der Waals surface area contributed by atoms with Crippen molar-refractivity contribution in [3.05, 3.63) is 11.6 Å². The number of hydrogen-bond acceptors (Lipinski definition) is 4. The minimum absolute atomic E-state index is 0.0448. The zero-order valence-electron chi connectivity index (χ0n) is 10.8. The van der Waals surface area contributed by atoms with E-state index in [1.807, 2.05) is 13.8 Å². The van der Waals surface area contributed by atoms with E-state index in [1.165, 1.54) is 0 Å². The summed E-state index contributed by atoms with van der Waals surface area (Å²) in [6, 6.07) is 0. The van der Waals surface area contributed by atoms with Crippen molar-refractivity contribution in [1.82, 2.24) is 10.2 Å². The first-order valence-electron chi connectivity index (χ1n) is 5.58. The van der Waals surface area contributed by atoms with Crippen LogP contribution in [-0.2, 0) is 9.59 Å². The van der Waals surface area contributed by atoms with Crippen molar-refractivity contribution in [2.45, 2.75) is 26.7 Å². The molecule has 0 aromatic carbocycles. The zero-order chi connectivity index (χ0) is 13.5. The second kappa shape index (κ2) is 7.37. The number of likely N-dealkylation sites (N-methyl/N-ethyl adjacent to an activating group) is 1. The number of carbonyl (C=O) groups excluding carboxylic acids is 2. The van der Waals surface area contributed by atoms with E-state index in [1.54, 1.807) is 11.9 Å². The van der Waals surface area contributed by atoms with Crippen molar-refractivity contribution < 1.29 is 9.59 Å². The van der Waals surface area contributed by atoms with Crippen LogP contribution in [0.1, 0.15) is 26.7 Å². The summed E-state index contributed by atoms with van der Waals surface area (Å²) in [5.74, 6) is 0.0448. The van der Waals surface area contributed by atoms with Gasteiger partial charge in [-0.05, 0) is 5.41 Å². The van der Waals surface area contributed by atoms with Gasteiger partial charge in [0.25, 0.3) is 0 Å². The minimum Gasteiger partial charge on any atom is -0.379 e. The molecule has 0 bridgehead atoms. The summed E-state index contributed by atoms with van der Waals surface area (Å²) in [7, 11) is 1.75. The summed E-state index contributed by atoms with van der Waals surface area (Å²) in [6.07, 6.45) is 1.64. The van der Waals surface area contributed by atoms with Gasteiger partial charge in [-0.15, -0.1) is 12.6 Å². The summed E-state index contributed by atoms with van der Waals surface area (Å²) in [4.78, 5) is 24.0. The minimum atomic E-state index is -0.270. The number of aldehydes is 1. The van der Waals surface area contributed by atoms with Gasteiger partial charge in [0.1, 0.15) is 6.29 Å². The number of hydrogen-bond donors (Lipinski definition) is 2. The first kappa shape index (κ1) is 16.0. The quantitative estimate of drug-likeness (QED) is 0.511. The highest BCUT2D eigenvalue weighted by atomic mass is 32.1. The fourth-order valence-corrected chi connectivity index (χ4v) is 1.45. The largest absolute Gasteiger partial charge is 0.379 e. The molecular weight excluding hydrogens is 236 g/mol. The Kier molecular flexibility index (Phi) is 6.95. The second-order valence-electron chi connectivity index (χ2n) is 4.90. The van der Waals surface area contributed by atoms with Crippen LogP contribution in [0.5, 0.6) is 0 Å². The Morgan fingerprint density at radius 2 is 2.12 bits per heavy atom. The molecule has 0 saturated carbocycles. The van der Waals surface area contributed by atoms with Crippen LogP contribution < -0.4 is 5.32 Å². The molecular formula is C12H22N2O2S. The Labute approximate surface area is 109 Å². The Morgan fingerprint density at radius 3 is 2.59 bits per heavy atom. The highest BCUT2D eigenvalue weighted by Crippen LogP contribution is 2.24. The first-order valence-corrected chi connectivity index (χ1v) is 6.02. The predicted octanol–water partition coefficient (Wildman–Crippen LogP) is 1.44. The zero-order valence-corrected chi connectivity index (χ0v) is 11.7. The lowest BCUT2D eigenvalue weighted by Crippen LogP contribution is -2.35. The van der Waals surface area contributed by atoms with Gasteiger partial charge in [-0.2, -0.15) is 0 Å². The summed E-state index contributed by atoms with van der Waals surface area (Å²) < 4.78 is 0. The first-order chi connectivity index (χ1) is 7.78. The monoisotopic (exact) mass is 258 g/mol. The van der Waals surface area contributed by atoms with Gasteiger partial charge in [-0.25, -0.2) is 0 Å². The highest BCUT2D eigenvalue weighted by Gasteiger charge is 2.23. The van der Waals surface area contributed by atoms with Crippen LogP contribution in [0, 0.1) is 5.41 Å². The number of carbonyl (C=O) groups is 2. The molecule has 0 heterocycles. The molecule has 0 spiro atoms. The maximum atomic E-state index is 11.8. The van der Waals surface area contributed by atoms with Crippen LogP contribution in [0.3, 0.4) is 0 Å². The molecule has 0 aromatic heterocycles. The molecule has 98 valence electrons. The molecule has 0 rings (SSSR count). The van der Waals surface area contributed by atoms with E-state index in [2.05, 4.69) is 24.5 Å². The predicted molar refractivity (Wildman–Crippen MR) is 72.8 cm³/mol. The van der Waals surface area contributed by atoms with E-state index < -0.39 is 0 Å². The van der Waals surface area contributed by atoms with Gasteiger partial charge in [-0.3, -0.25) is 4.79 Å². The molecule has 0 aliphatic heterocycles. The molecule has 1 amide bonds. The van der Waals surface area contributed by atoms with Gasteiger partial charge < -0.3 is 15.0 Å². The van der Waals surface area contributed by atoms with Crippen LogP contribution in [0.4, 0.5) is 0 Å². The average Bonchev–Trinajstić information content (AvgIpc) is 2.15. The maximum Gasteiger partial charge on any atom is 0.222 e. The van der Waals surface area contributed by atoms with Crippen molar-refractivity contribution in [2.24, 2.45) is 5.41 Å². The van der Waals surface area contributed by atoms with Crippen LogP contribution in [-0.4, -0.2) is 37.2 Å². The van der Waals surface area contributed by atoms with Crippen LogP contribution >= 0.6 is 12.6 Å². The van der Waals surface area contributed by atoms with E-state index >= 15 is 0 Å². The standard InChI is InChI=1S/C12H22N2O2S/c1-10(17)13-6-7-14(4)11(16)9-12(2,3)5-8-15/h8,13,17H,1,5-7,9H2,2-4H3. The smallest absolute Gasteiger partial charge is 0.222 e. The van der Waals surface area contributed by atoms with Crippen molar-refractivity contribution in [1.29, 1.82) is 0 Å². The number of rotatable bonds is 8. The fraction of sp³-hybridized carbons (Fsp3) is 0.667. The molecule has 5 heteroatoms. The van der Waals surface area contributed by atoms with Crippen LogP contribution in [0.2, 0.25) is 0 Å². The third-order valence-electron chi connectivity index (χ3n) is 2.47.